The Morgan fingerprint density at radius 3 is 1.49 bits per heavy atom. The van der Waals surface area contributed by atoms with Crippen molar-refractivity contribution < 1.29 is 0 Å². The summed E-state index contributed by atoms with van der Waals surface area (Å²) in [5.74, 6) is 1.97. The SMILES string of the molecule is c1ccc(-c2cc(-c3nc(-c4ccccc4)nc(-c4ccc5c6ccccc6c6ccccc6c5c4)n3)c3c(c2)sc2ccccc23)cc1. The Bertz CT molecular complexity index is 2840. The molecular weight excluding hydrogens is 615 g/mol. The van der Waals surface area contributed by atoms with E-state index in [1.807, 2.05) is 29.5 Å². The summed E-state index contributed by atoms with van der Waals surface area (Å²) >= 11 is 1.81. The lowest BCUT2D eigenvalue weighted by atomic mass is 9.93. The molecule has 8 aromatic carbocycles. The highest BCUT2D eigenvalue weighted by atomic mass is 32.1. The summed E-state index contributed by atoms with van der Waals surface area (Å²) in [6.07, 6.45) is 0. The van der Waals surface area contributed by atoms with E-state index in [2.05, 4.69) is 146 Å². The molecule has 0 bridgehead atoms. The summed E-state index contributed by atoms with van der Waals surface area (Å²) in [7, 11) is 0. The van der Waals surface area contributed by atoms with Crippen LogP contribution >= 0.6 is 11.3 Å². The van der Waals surface area contributed by atoms with Crippen molar-refractivity contribution >= 4 is 63.8 Å². The molecule has 10 rings (SSSR count). The molecule has 2 heterocycles. The molecule has 0 atom stereocenters. The van der Waals surface area contributed by atoms with Gasteiger partial charge in [0.15, 0.2) is 17.5 Å². The maximum Gasteiger partial charge on any atom is 0.164 e. The predicted octanol–water partition coefficient (Wildman–Crippen LogP) is 12.4. The molecule has 0 saturated carbocycles. The number of aromatic nitrogens is 3. The van der Waals surface area contributed by atoms with Crippen LogP contribution in [-0.2, 0) is 0 Å². The van der Waals surface area contributed by atoms with Crippen molar-refractivity contribution in [2.75, 3.05) is 0 Å². The van der Waals surface area contributed by atoms with E-state index in [-0.39, 0.29) is 0 Å². The quantitative estimate of drug-likeness (QED) is 0.180. The Labute approximate surface area is 286 Å². The van der Waals surface area contributed by atoms with Crippen molar-refractivity contribution in [2.45, 2.75) is 0 Å². The van der Waals surface area contributed by atoms with Gasteiger partial charge in [0.2, 0.25) is 0 Å². The molecule has 3 nitrogen and oxygen atoms in total. The second-order valence-electron chi connectivity index (χ2n) is 12.4. The van der Waals surface area contributed by atoms with E-state index in [9.17, 15) is 0 Å². The zero-order valence-electron chi connectivity index (χ0n) is 26.3. The molecule has 0 aliphatic rings. The Morgan fingerprint density at radius 1 is 0.306 bits per heavy atom. The summed E-state index contributed by atoms with van der Waals surface area (Å²) in [5.41, 5.74) is 5.22. The monoisotopic (exact) mass is 641 g/mol. The summed E-state index contributed by atoms with van der Waals surface area (Å²) < 4.78 is 2.46. The molecule has 228 valence electrons. The largest absolute Gasteiger partial charge is 0.208 e. The van der Waals surface area contributed by atoms with Gasteiger partial charge in [-0.2, -0.15) is 0 Å². The molecular formula is C45H27N3S. The van der Waals surface area contributed by atoms with Crippen molar-refractivity contribution in [3.8, 4) is 45.3 Å². The van der Waals surface area contributed by atoms with Gasteiger partial charge >= 0.3 is 0 Å². The van der Waals surface area contributed by atoms with Gasteiger partial charge in [0.1, 0.15) is 0 Å². The Kier molecular flexibility index (Phi) is 6.36. The van der Waals surface area contributed by atoms with Crippen LogP contribution in [0.5, 0.6) is 0 Å². The van der Waals surface area contributed by atoms with Gasteiger partial charge in [-0.25, -0.2) is 15.0 Å². The van der Waals surface area contributed by atoms with Gasteiger partial charge in [-0.3, -0.25) is 0 Å². The van der Waals surface area contributed by atoms with Gasteiger partial charge < -0.3 is 0 Å². The Balaban J connectivity index is 1.27. The summed E-state index contributed by atoms with van der Waals surface area (Å²) in [6.45, 7) is 0. The smallest absolute Gasteiger partial charge is 0.164 e. The van der Waals surface area contributed by atoms with Crippen molar-refractivity contribution in [3.63, 3.8) is 0 Å². The number of thiophene rings is 1. The highest BCUT2D eigenvalue weighted by Gasteiger charge is 2.19. The van der Waals surface area contributed by atoms with Crippen LogP contribution in [0.25, 0.3) is 97.8 Å². The Hall–Kier alpha value is -6.23. The standard InChI is InChI=1S/C45H27N3S/c1-3-13-28(14-4-1)31-26-39(42-37-21-11-12-22-40(37)49-41(42)27-31)45-47-43(29-15-5-2-6-16-29)46-44(48-45)30-23-24-36-34-19-8-7-17-32(34)33-18-9-10-20-35(33)38(36)25-30/h1-27H. The number of fused-ring (bicyclic) bond motifs is 9. The predicted molar refractivity (Wildman–Crippen MR) is 207 cm³/mol. The van der Waals surface area contributed by atoms with Crippen molar-refractivity contribution in [2.24, 2.45) is 0 Å². The first kappa shape index (κ1) is 27.8. The third kappa shape index (κ3) is 4.61. The van der Waals surface area contributed by atoms with E-state index in [4.69, 9.17) is 15.0 Å². The van der Waals surface area contributed by atoms with Crippen LogP contribution < -0.4 is 0 Å². The first-order valence-electron chi connectivity index (χ1n) is 16.4. The molecule has 10 aromatic rings. The fourth-order valence-corrected chi connectivity index (χ4v) is 8.39. The van der Waals surface area contributed by atoms with Crippen LogP contribution in [0.15, 0.2) is 164 Å². The van der Waals surface area contributed by atoms with Gasteiger partial charge in [0.25, 0.3) is 0 Å². The number of benzene rings is 8. The zero-order valence-corrected chi connectivity index (χ0v) is 27.2. The van der Waals surface area contributed by atoms with Crippen LogP contribution in [0.1, 0.15) is 0 Å². The average molecular weight is 642 g/mol. The molecule has 0 fully saturated rings. The van der Waals surface area contributed by atoms with Gasteiger partial charge in [0, 0.05) is 36.9 Å². The number of nitrogens with zero attached hydrogens (tertiary/aromatic N) is 3. The molecule has 0 unspecified atom stereocenters. The van der Waals surface area contributed by atoms with Gasteiger partial charge in [-0.15, -0.1) is 11.3 Å². The molecule has 0 aliphatic carbocycles. The molecule has 0 amide bonds. The highest BCUT2D eigenvalue weighted by Crippen LogP contribution is 2.43. The molecule has 0 spiro atoms. The fourth-order valence-electron chi connectivity index (χ4n) is 7.22. The summed E-state index contributed by atoms with van der Waals surface area (Å²) in [4.78, 5) is 15.6. The lowest BCUT2D eigenvalue weighted by molar-refractivity contribution is 1.08. The van der Waals surface area contributed by atoms with Gasteiger partial charge in [0.05, 0.1) is 0 Å². The lowest BCUT2D eigenvalue weighted by Gasteiger charge is -2.13. The van der Waals surface area contributed by atoms with Crippen molar-refractivity contribution in [1.82, 2.24) is 15.0 Å². The molecule has 4 heteroatoms. The molecule has 0 saturated heterocycles. The van der Waals surface area contributed by atoms with Crippen LogP contribution in [0, 0.1) is 0 Å². The average Bonchev–Trinajstić information content (AvgIpc) is 3.57. The minimum Gasteiger partial charge on any atom is -0.208 e. The van der Waals surface area contributed by atoms with Crippen LogP contribution in [0.3, 0.4) is 0 Å². The first-order chi connectivity index (χ1) is 24.3. The van der Waals surface area contributed by atoms with Gasteiger partial charge in [-0.1, -0.05) is 140 Å². The zero-order chi connectivity index (χ0) is 32.3. The van der Waals surface area contributed by atoms with Crippen LogP contribution in [0.4, 0.5) is 0 Å². The number of hydrogen-bond acceptors (Lipinski definition) is 4. The minimum absolute atomic E-state index is 0.654. The second-order valence-corrected chi connectivity index (χ2v) is 13.5. The minimum atomic E-state index is 0.654. The molecule has 49 heavy (non-hydrogen) atoms. The van der Waals surface area contributed by atoms with E-state index in [0.717, 1.165) is 27.8 Å². The Morgan fingerprint density at radius 2 is 0.816 bits per heavy atom. The maximum absolute atomic E-state index is 5.30. The van der Waals surface area contributed by atoms with E-state index < -0.39 is 0 Å². The number of rotatable bonds is 4. The third-order valence-electron chi connectivity index (χ3n) is 9.50. The molecule has 0 aliphatic heterocycles. The topological polar surface area (TPSA) is 38.7 Å². The number of hydrogen-bond donors (Lipinski definition) is 0. The fraction of sp³-hybridized carbons (Fsp3) is 0. The molecule has 2 aromatic heterocycles. The van der Waals surface area contributed by atoms with E-state index >= 15 is 0 Å². The highest BCUT2D eigenvalue weighted by molar-refractivity contribution is 7.26. The lowest BCUT2D eigenvalue weighted by Crippen LogP contribution is -2.01. The van der Waals surface area contributed by atoms with Crippen LogP contribution in [-0.4, -0.2) is 15.0 Å². The molecule has 0 radical (unpaired) electrons. The second kappa shape index (κ2) is 11.2. The van der Waals surface area contributed by atoms with E-state index in [1.165, 1.54) is 52.5 Å². The van der Waals surface area contributed by atoms with Crippen molar-refractivity contribution in [3.05, 3.63) is 164 Å². The summed E-state index contributed by atoms with van der Waals surface area (Å²) in [6, 6.07) is 58.0. The molecule has 0 N–H and O–H groups in total. The van der Waals surface area contributed by atoms with Crippen molar-refractivity contribution in [1.29, 1.82) is 0 Å². The summed E-state index contributed by atoms with van der Waals surface area (Å²) in [5, 5.41) is 9.76. The third-order valence-corrected chi connectivity index (χ3v) is 10.6. The maximum atomic E-state index is 5.30. The van der Waals surface area contributed by atoms with E-state index in [0.29, 0.717) is 17.5 Å². The van der Waals surface area contributed by atoms with E-state index in [1.54, 1.807) is 0 Å². The van der Waals surface area contributed by atoms with Crippen LogP contribution in [0.2, 0.25) is 0 Å². The normalized spacial score (nSPS) is 11.7. The van der Waals surface area contributed by atoms with Gasteiger partial charge in [-0.05, 0) is 67.7 Å². The first-order valence-corrected chi connectivity index (χ1v) is 17.3.